The molecule has 1 aromatic heterocycles. The second kappa shape index (κ2) is 10.7. The third-order valence-electron chi connectivity index (χ3n) is 5.82. The number of rotatable bonds is 7. The number of carbonyl (C=O) groups is 1. The van der Waals surface area contributed by atoms with Crippen LogP contribution in [0.1, 0.15) is 24.0 Å². The van der Waals surface area contributed by atoms with Crippen LogP contribution < -0.4 is 9.64 Å². The molecule has 0 bridgehead atoms. The molecule has 0 N–H and O–H groups in total. The molecule has 3 aromatic rings. The minimum Gasteiger partial charge on any atom is -0.473 e. The number of anilines is 1. The van der Waals surface area contributed by atoms with Gasteiger partial charge in [0, 0.05) is 44.1 Å². The predicted molar refractivity (Wildman–Crippen MR) is 125 cm³/mol. The number of hydrogen-bond donors (Lipinski definition) is 0. The quantitative estimate of drug-likeness (QED) is 0.533. The Labute approximate surface area is 189 Å². The van der Waals surface area contributed by atoms with E-state index < -0.39 is 0 Å². The number of carbonyl (C=O) groups excluding carboxylic acids is 1. The van der Waals surface area contributed by atoms with Crippen LogP contribution in [0.2, 0.25) is 0 Å². The first kappa shape index (κ1) is 21.7. The third kappa shape index (κ3) is 5.78. The van der Waals surface area contributed by atoms with Gasteiger partial charge in [-0.1, -0.05) is 60.7 Å². The molecule has 1 aliphatic heterocycles. The van der Waals surface area contributed by atoms with E-state index in [0.717, 1.165) is 42.7 Å². The predicted octanol–water partition coefficient (Wildman–Crippen LogP) is 4.90. The molecule has 32 heavy (non-hydrogen) atoms. The van der Waals surface area contributed by atoms with Crippen molar-refractivity contribution >= 4 is 11.8 Å². The molecule has 4 rings (SSSR count). The van der Waals surface area contributed by atoms with Crippen molar-refractivity contribution in [2.24, 2.45) is 0 Å². The molecule has 2 aromatic carbocycles. The standard InChI is InChI=1S/C26H29N3O3/c1-28(26(30)32-20-22-10-6-3-7-11-22)23-13-16-29(17-14-23)24-12-15-27-25(18-24)31-19-21-8-4-2-5-9-21/h2-12,15,18,23H,13-14,16-17,19-20H2,1H3. The van der Waals surface area contributed by atoms with Gasteiger partial charge in [-0.25, -0.2) is 9.78 Å². The van der Waals surface area contributed by atoms with Crippen LogP contribution in [0.15, 0.2) is 79.0 Å². The lowest BCUT2D eigenvalue weighted by Gasteiger charge is -2.37. The van der Waals surface area contributed by atoms with Crippen molar-refractivity contribution in [2.45, 2.75) is 32.1 Å². The average molecular weight is 432 g/mol. The molecule has 0 unspecified atom stereocenters. The van der Waals surface area contributed by atoms with E-state index in [1.165, 1.54) is 0 Å². The number of benzene rings is 2. The van der Waals surface area contributed by atoms with Gasteiger partial charge in [0.2, 0.25) is 5.88 Å². The zero-order chi connectivity index (χ0) is 22.2. The van der Waals surface area contributed by atoms with Gasteiger partial charge in [0.15, 0.2) is 0 Å². The van der Waals surface area contributed by atoms with E-state index in [0.29, 0.717) is 19.1 Å². The molecular weight excluding hydrogens is 402 g/mol. The van der Waals surface area contributed by atoms with Gasteiger partial charge in [-0.05, 0) is 30.0 Å². The molecule has 0 radical (unpaired) electrons. The van der Waals surface area contributed by atoms with Crippen LogP contribution in [0.5, 0.6) is 5.88 Å². The number of hydrogen-bond acceptors (Lipinski definition) is 5. The topological polar surface area (TPSA) is 54.9 Å². The normalized spacial score (nSPS) is 14.1. The van der Waals surface area contributed by atoms with Gasteiger partial charge in [0.25, 0.3) is 0 Å². The smallest absolute Gasteiger partial charge is 0.410 e. The molecule has 0 aliphatic carbocycles. The van der Waals surface area contributed by atoms with Gasteiger partial charge in [0.05, 0.1) is 0 Å². The van der Waals surface area contributed by atoms with Gasteiger partial charge in [-0.2, -0.15) is 0 Å². The lowest BCUT2D eigenvalue weighted by molar-refractivity contribution is 0.0862. The van der Waals surface area contributed by atoms with Crippen molar-refractivity contribution in [3.05, 3.63) is 90.1 Å². The summed E-state index contributed by atoms with van der Waals surface area (Å²) in [4.78, 5) is 20.9. The van der Waals surface area contributed by atoms with Crippen LogP contribution in [0.3, 0.4) is 0 Å². The first-order chi connectivity index (χ1) is 15.7. The molecule has 1 saturated heterocycles. The Morgan fingerprint density at radius 3 is 2.25 bits per heavy atom. The van der Waals surface area contributed by atoms with E-state index in [1.807, 2.05) is 79.8 Å². The van der Waals surface area contributed by atoms with E-state index in [4.69, 9.17) is 9.47 Å². The van der Waals surface area contributed by atoms with Crippen molar-refractivity contribution < 1.29 is 14.3 Å². The molecular formula is C26H29N3O3. The van der Waals surface area contributed by atoms with E-state index in [9.17, 15) is 4.79 Å². The van der Waals surface area contributed by atoms with Crippen molar-refractivity contribution in [3.8, 4) is 5.88 Å². The van der Waals surface area contributed by atoms with Crippen LogP contribution in [-0.2, 0) is 18.0 Å². The molecule has 6 nitrogen and oxygen atoms in total. The van der Waals surface area contributed by atoms with Gasteiger partial charge < -0.3 is 19.3 Å². The summed E-state index contributed by atoms with van der Waals surface area (Å²) in [6.07, 6.45) is 3.29. The highest BCUT2D eigenvalue weighted by atomic mass is 16.6. The van der Waals surface area contributed by atoms with E-state index >= 15 is 0 Å². The Hall–Kier alpha value is -3.54. The summed E-state index contributed by atoms with van der Waals surface area (Å²) in [6, 6.07) is 24.0. The third-order valence-corrected chi connectivity index (χ3v) is 5.82. The molecule has 6 heteroatoms. The second-order valence-corrected chi connectivity index (χ2v) is 8.00. The van der Waals surface area contributed by atoms with Crippen molar-refractivity contribution in [1.82, 2.24) is 9.88 Å². The van der Waals surface area contributed by atoms with E-state index in [-0.39, 0.29) is 12.1 Å². The van der Waals surface area contributed by atoms with Gasteiger partial charge in [0.1, 0.15) is 13.2 Å². The summed E-state index contributed by atoms with van der Waals surface area (Å²) in [5.74, 6) is 0.620. The molecule has 0 saturated carbocycles. The number of ether oxygens (including phenoxy) is 2. The Bertz CT molecular complexity index is 989. The summed E-state index contributed by atoms with van der Waals surface area (Å²) in [5, 5.41) is 0. The fourth-order valence-corrected chi connectivity index (χ4v) is 3.89. The Kier molecular flexibility index (Phi) is 7.23. The number of piperidine rings is 1. The fourth-order valence-electron chi connectivity index (χ4n) is 3.89. The van der Waals surface area contributed by atoms with Crippen molar-refractivity contribution in [1.29, 1.82) is 0 Å². The van der Waals surface area contributed by atoms with Crippen molar-refractivity contribution in [2.75, 3.05) is 25.0 Å². The van der Waals surface area contributed by atoms with Crippen LogP contribution >= 0.6 is 0 Å². The number of aromatic nitrogens is 1. The Morgan fingerprint density at radius 1 is 0.969 bits per heavy atom. The molecule has 166 valence electrons. The monoisotopic (exact) mass is 431 g/mol. The van der Waals surface area contributed by atoms with Crippen LogP contribution in [0, 0.1) is 0 Å². The lowest BCUT2D eigenvalue weighted by Crippen LogP contribution is -2.45. The minimum atomic E-state index is -0.271. The van der Waals surface area contributed by atoms with Crippen LogP contribution in [0.4, 0.5) is 10.5 Å². The largest absolute Gasteiger partial charge is 0.473 e. The van der Waals surface area contributed by atoms with E-state index in [1.54, 1.807) is 11.1 Å². The van der Waals surface area contributed by atoms with Crippen LogP contribution in [0.25, 0.3) is 0 Å². The van der Waals surface area contributed by atoms with E-state index in [2.05, 4.69) is 9.88 Å². The van der Waals surface area contributed by atoms with Gasteiger partial charge >= 0.3 is 6.09 Å². The first-order valence-electron chi connectivity index (χ1n) is 11.0. The fraction of sp³-hybridized carbons (Fsp3) is 0.308. The summed E-state index contributed by atoms with van der Waals surface area (Å²) >= 11 is 0. The SMILES string of the molecule is CN(C(=O)OCc1ccccc1)C1CCN(c2ccnc(OCc3ccccc3)c2)CC1. The van der Waals surface area contributed by atoms with Crippen molar-refractivity contribution in [3.63, 3.8) is 0 Å². The number of amides is 1. The maximum absolute atomic E-state index is 12.5. The number of nitrogens with zero attached hydrogens (tertiary/aromatic N) is 3. The summed E-state index contributed by atoms with van der Waals surface area (Å²) in [6.45, 7) is 2.52. The second-order valence-electron chi connectivity index (χ2n) is 8.00. The Balaban J connectivity index is 1.26. The maximum atomic E-state index is 12.5. The maximum Gasteiger partial charge on any atom is 0.410 e. The molecule has 2 heterocycles. The number of pyridine rings is 1. The summed E-state index contributed by atoms with van der Waals surface area (Å²) in [7, 11) is 1.83. The molecule has 1 amide bonds. The zero-order valence-corrected chi connectivity index (χ0v) is 18.4. The first-order valence-corrected chi connectivity index (χ1v) is 11.0. The summed E-state index contributed by atoms with van der Waals surface area (Å²) in [5.41, 5.74) is 3.20. The minimum absolute atomic E-state index is 0.171. The molecule has 0 atom stereocenters. The Morgan fingerprint density at radius 2 is 1.59 bits per heavy atom. The lowest BCUT2D eigenvalue weighted by atomic mass is 10.0. The highest BCUT2D eigenvalue weighted by Crippen LogP contribution is 2.25. The molecule has 1 aliphatic rings. The van der Waals surface area contributed by atoms with Crippen LogP contribution in [-0.4, -0.2) is 42.2 Å². The van der Waals surface area contributed by atoms with Gasteiger partial charge in [-0.15, -0.1) is 0 Å². The average Bonchev–Trinajstić information content (AvgIpc) is 2.87. The highest BCUT2D eigenvalue weighted by Gasteiger charge is 2.26. The zero-order valence-electron chi connectivity index (χ0n) is 18.4. The van der Waals surface area contributed by atoms with Gasteiger partial charge in [-0.3, -0.25) is 0 Å². The molecule has 0 spiro atoms. The molecule has 1 fully saturated rings. The summed E-state index contributed by atoms with van der Waals surface area (Å²) < 4.78 is 11.4. The highest BCUT2D eigenvalue weighted by molar-refractivity contribution is 5.67.